The van der Waals surface area contributed by atoms with Gasteiger partial charge >= 0.3 is 0 Å². The summed E-state index contributed by atoms with van der Waals surface area (Å²) in [6, 6.07) is 16.1. The molecule has 4 rings (SSSR count). The lowest BCUT2D eigenvalue weighted by molar-refractivity contribution is -0.118. The first kappa shape index (κ1) is 24.4. The lowest BCUT2D eigenvalue weighted by Gasteiger charge is -2.21. The van der Waals surface area contributed by atoms with E-state index in [2.05, 4.69) is 32.4 Å². The normalized spacial score (nSPS) is 11.3. The average molecular weight is 480 g/mol. The van der Waals surface area contributed by atoms with E-state index < -0.39 is 6.04 Å². The molecule has 180 valence electrons. The van der Waals surface area contributed by atoms with Crippen LogP contribution < -0.4 is 16.2 Å². The molecule has 1 unspecified atom stereocenters. The molecule has 2 aromatic heterocycles. The highest BCUT2D eigenvalue weighted by molar-refractivity contribution is 5.93. The van der Waals surface area contributed by atoms with Crippen LogP contribution in [0.4, 0.5) is 0 Å². The zero-order valence-electron chi connectivity index (χ0n) is 20.2. The van der Waals surface area contributed by atoms with Crippen molar-refractivity contribution >= 4 is 22.6 Å². The molecule has 36 heavy (non-hydrogen) atoms. The highest BCUT2D eigenvalue weighted by Gasteiger charge is 2.21. The van der Waals surface area contributed by atoms with Gasteiger partial charge in [-0.15, -0.1) is 0 Å². The Labute approximate surface area is 208 Å². The highest BCUT2D eigenvalue weighted by atomic mass is 16.2. The smallest absolute Gasteiger partial charge is 0.272 e. The number of carbonyl (C=O) groups excluding carboxylic acids is 2. The molecule has 0 aliphatic rings. The van der Waals surface area contributed by atoms with E-state index in [0.717, 1.165) is 0 Å². The fraction of sp³-hybridized carbons (Fsp3) is 0.179. The van der Waals surface area contributed by atoms with Gasteiger partial charge in [0.15, 0.2) is 0 Å². The predicted molar refractivity (Wildman–Crippen MR) is 138 cm³/mol. The summed E-state index contributed by atoms with van der Waals surface area (Å²) in [6.45, 7) is 5.14. The van der Waals surface area contributed by atoms with Gasteiger partial charge in [-0.05, 0) is 43.5 Å². The van der Waals surface area contributed by atoms with Crippen LogP contribution in [0.5, 0.6) is 0 Å². The summed E-state index contributed by atoms with van der Waals surface area (Å²) >= 11 is 0. The molecule has 0 bridgehead atoms. The molecule has 0 aliphatic carbocycles. The zero-order valence-corrected chi connectivity index (χ0v) is 20.2. The Balaban J connectivity index is 1.84. The molecule has 0 saturated heterocycles. The van der Waals surface area contributed by atoms with Crippen LogP contribution >= 0.6 is 0 Å². The molecule has 0 spiro atoms. The van der Waals surface area contributed by atoms with Gasteiger partial charge in [0.05, 0.1) is 23.7 Å². The monoisotopic (exact) mass is 479 g/mol. The first-order valence-electron chi connectivity index (χ1n) is 11.4. The Kier molecular flexibility index (Phi) is 7.21. The van der Waals surface area contributed by atoms with E-state index in [1.54, 1.807) is 17.6 Å². The molecular formula is C28H25N5O3. The number of amides is 2. The van der Waals surface area contributed by atoms with Crippen molar-refractivity contribution in [2.45, 2.75) is 26.8 Å². The molecule has 0 radical (unpaired) electrons. The van der Waals surface area contributed by atoms with Crippen molar-refractivity contribution in [1.29, 1.82) is 0 Å². The number of fused-ring (bicyclic) bond motifs is 1. The number of aromatic nitrogens is 3. The van der Waals surface area contributed by atoms with Crippen LogP contribution in [0.1, 0.15) is 47.3 Å². The van der Waals surface area contributed by atoms with Gasteiger partial charge in [-0.25, -0.2) is 4.98 Å². The van der Waals surface area contributed by atoms with Crippen LogP contribution in [0.3, 0.4) is 0 Å². The van der Waals surface area contributed by atoms with Crippen LogP contribution in [-0.4, -0.2) is 32.9 Å². The number of pyridine rings is 1. The minimum atomic E-state index is -0.522. The van der Waals surface area contributed by atoms with Crippen LogP contribution in [0.2, 0.25) is 0 Å². The van der Waals surface area contributed by atoms with Gasteiger partial charge in [0.1, 0.15) is 5.69 Å². The van der Waals surface area contributed by atoms with Crippen LogP contribution in [-0.2, 0) is 4.79 Å². The fourth-order valence-electron chi connectivity index (χ4n) is 3.93. The lowest BCUT2D eigenvalue weighted by Crippen LogP contribution is -2.33. The van der Waals surface area contributed by atoms with Gasteiger partial charge in [0.2, 0.25) is 5.91 Å². The number of para-hydroxylation sites is 1. The first-order valence-corrected chi connectivity index (χ1v) is 11.4. The Morgan fingerprint density at radius 3 is 2.53 bits per heavy atom. The van der Waals surface area contributed by atoms with Crippen molar-refractivity contribution in [3.8, 4) is 17.5 Å². The molecule has 2 amide bonds. The summed E-state index contributed by atoms with van der Waals surface area (Å²) < 4.78 is 1.59. The minimum Gasteiger partial charge on any atom is -0.345 e. The van der Waals surface area contributed by atoms with E-state index >= 15 is 0 Å². The SMILES string of the molecule is CC(=O)NCC#Cc1cccc2cc(C(C)NC(=O)c3nccnc3C)n(-c3ccccc3)c(=O)c12. The maximum Gasteiger partial charge on any atom is 0.272 e. The second-order valence-electron chi connectivity index (χ2n) is 8.21. The lowest BCUT2D eigenvalue weighted by atomic mass is 10.0. The van der Waals surface area contributed by atoms with Gasteiger partial charge in [-0.2, -0.15) is 0 Å². The topological polar surface area (TPSA) is 106 Å². The van der Waals surface area contributed by atoms with Gasteiger partial charge in [0.25, 0.3) is 11.5 Å². The quantitative estimate of drug-likeness (QED) is 0.428. The van der Waals surface area contributed by atoms with E-state index in [1.165, 1.54) is 19.3 Å². The van der Waals surface area contributed by atoms with E-state index in [1.807, 2.05) is 55.5 Å². The van der Waals surface area contributed by atoms with Crippen LogP contribution in [0.15, 0.2) is 71.8 Å². The van der Waals surface area contributed by atoms with Crippen molar-refractivity contribution in [2.24, 2.45) is 0 Å². The molecule has 4 aromatic rings. The molecule has 1 atom stereocenters. The molecule has 2 N–H and O–H groups in total. The van der Waals surface area contributed by atoms with Gasteiger partial charge < -0.3 is 10.6 Å². The third-order valence-corrected chi connectivity index (χ3v) is 5.63. The van der Waals surface area contributed by atoms with E-state index in [4.69, 9.17) is 0 Å². The van der Waals surface area contributed by atoms with Gasteiger partial charge in [0, 0.05) is 36.3 Å². The van der Waals surface area contributed by atoms with E-state index in [-0.39, 0.29) is 29.6 Å². The molecule has 8 nitrogen and oxygen atoms in total. The summed E-state index contributed by atoms with van der Waals surface area (Å²) in [5.74, 6) is 5.35. The largest absolute Gasteiger partial charge is 0.345 e. The number of nitrogens with zero attached hydrogens (tertiary/aromatic N) is 3. The second-order valence-corrected chi connectivity index (χ2v) is 8.21. The molecule has 8 heteroatoms. The van der Waals surface area contributed by atoms with E-state index in [9.17, 15) is 14.4 Å². The molecule has 2 aromatic carbocycles. The number of nitrogens with one attached hydrogen (secondary N) is 2. The number of rotatable bonds is 5. The number of hydrogen-bond donors (Lipinski definition) is 2. The third kappa shape index (κ3) is 5.15. The summed E-state index contributed by atoms with van der Waals surface area (Å²) in [4.78, 5) is 46.3. The summed E-state index contributed by atoms with van der Waals surface area (Å²) in [7, 11) is 0. The van der Waals surface area contributed by atoms with Crippen molar-refractivity contribution in [3.05, 3.63) is 100.0 Å². The van der Waals surface area contributed by atoms with Crippen LogP contribution in [0.25, 0.3) is 16.5 Å². The summed E-state index contributed by atoms with van der Waals surface area (Å²) in [6.07, 6.45) is 3.00. The molecule has 2 heterocycles. The Hall–Kier alpha value is -4.77. The zero-order chi connectivity index (χ0) is 25.7. The van der Waals surface area contributed by atoms with E-state index in [0.29, 0.717) is 33.4 Å². The molecule has 0 fully saturated rings. The average Bonchev–Trinajstić information content (AvgIpc) is 2.87. The Morgan fingerprint density at radius 1 is 1.06 bits per heavy atom. The molecule has 0 saturated carbocycles. The van der Waals surface area contributed by atoms with Crippen molar-refractivity contribution in [3.63, 3.8) is 0 Å². The highest BCUT2D eigenvalue weighted by Crippen LogP contribution is 2.23. The molecule has 0 aliphatic heterocycles. The molecular weight excluding hydrogens is 454 g/mol. The Bertz CT molecular complexity index is 1570. The minimum absolute atomic E-state index is 0.175. The summed E-state index contributed by atoms with van der Waals surface area (Å²) in [5, 5.41) is 6.74. The second kappa shape index (κ2) is 10.7. The maximum absolute atomic E-state index is 13.9. The number of benzene rings is 2. The maximum atomic E-state index is 13.9. The van der Waals surface area contributed by atoms with Gasteiger partial charge in [-0.3, -0.25) is 23.9 Å². The van der Waals surface area contributed by atoms with Crippen molar-refractivity contribution < 1.29 is 9.59 Å². The van der Waals surface area contributed by atoms with Gasteiger partial charge in [-0.1, -0.05) is 42.2 Å². The van der Waals surface area contributed by atoms with Crippen molar-refractivity contribution in [2.75, 3.05) is 6.54 Å². The first-order chi connectivity index (χ1) is 17.4. The Morgan fingerprint density at radius 2 is 1.81 bits per heavy atom. The third-order valence-electron chi connectivity index (χ3n) is 5.63. The van der Waals surface area contributed by atoms with Crippen molar-refractivity contribution in [1.82, 2.24) is 25.2 Å². The number of aryl methyl sites for hydroxylation is 1. The standard InChI is InChI=1S/C28H25N5O3/c1-18(32-27(35)26-19(2)29-15-16-31-26)24-17-22-10-7-9-21(11-8-14-30-20(3)34)25(22)28(36)33(24)23-12-5-4-6-13-23/h4-7,9-10,12-13,15-18H,14H2,1-3H3,(H,30,34)(H,32,35). The fourth-order valence-corrected chi connectivity index (χ4v) is 3.93. The number of hydrogen-bond acceptors (Lipinski definition) is 5. The van der Waals surface area contributed by atoms with Crippen LogP contribution in [0, 0.1) is 18.8 Å². The number of carbonyl (C=O) groups is 2. The summed E-state index contributed by atoms with van der Waals surface area (Å²) in [5.41, 5.74) is 2.33. The predicted octanol–water partition coefficient (Wildman–Crippen LogP) is 3.07.